The lowest BCUT2D eigenvalue weighted by atomic mass is 9.61. The van der Waals surface area contributed by atoms with Crippen LogP contribution in [0.3, 0.4) is 0 Å². The third-order valence-corrected chi connectivity index (χ3v) is 6.38. The molecule has 28 heavy (non-hydrogen) atoms. The second kappa shape index (κ2) is 7.68. The lowest BCUT2D eigenvalue weighted by molar-refractivity contribution is -0.157. The van der Waals surface area contributed by atoms with E-state index in [4.69, 9.17) is 16.3 Å². The molecule has 1 saturated heterocycles. The summed E-state index contributed by atoms with van der Waals surface area (Å²) in [5.41, 5.74) is 4.86. The van der Waals surface area contributed by atoms with Gasteiger partial charge in [-0.3, -0.25) is 4.79 Å². The zero-order chi connectivity index (χ0) is 20.7. The number of carbonyl (C=O) groups is 1. The molecule has 0 aromatic heterocycles. The summed E-state index contributed by atoms with van der Waals surface area (Å²) >= 11 is 6.25. The molecule has 0 radical (unpaired) electrons. The molecule has 1 N–H and O–H groups in total. The summed E-state index contributed by atoms with van der Waals surface area (Å²) in [5, 5.41) is 11.0. The molecule has 2 aliphatic rings. The Labute approximate surface area is 173 Å². The van der Waals surface area contributed by atoms with Crippen molar-refractivity contribution in [3.05, 3.63) is 52.1 Å². The predicted octanol–water partition coefficient (Wildman–Crippen LogP) is 5.73. The molecule has 1 aliphatic heterocycles. The molecule has 152 valence electrons. The normalized spacial score (nSPS) is 27.2. The summed E-state index contributed by atoms with van der Waals surface area (Å²) in [6.07, 6.45) is 5.70. The first-order valence-corrected chi connectivity index (χ1v) is 10.4. The van der Waals surface area contributed by atoms with Crippen molar-refractivity contribution in [3.8, 4) is 0 Å². The van der Waals surface area contributed by atoms with Crippen LogP contribution in [0.25, 0.3) is 5.57 Å². The van der Waals surface area contributed by atoms with Gasteiger partial charge in [-0.05, 0) is 58.9 Å². The highest BCUT2D eigenvalue weighted by Crippen LogP contribution is 2.52. The van der Waals surface area contributed by atoms with Crippen molar-refractivity contribution in [2.24, 2.45) is 16.7 Å². The fraction of sp³-hybridized carbons (Fsp3) is 0.542. The van der Waals surface area contributed by atoms with E-state index < -0.39 is 12.0 Å². The first-order valence-electron chi connectivity index (χ1n) is 10.0. The molecule has 0 bridgehead atoms. The van der Waals surface area contributed by atoms with E-state index in [1.165, 1.54) is 16.7 Å². The summed E-state index contributed by atoms with van der Waals surface area (Å²) in [6, 6.07) is 6.18. The molecule has 1 aromatic rings. The molecule has 1 heterocycles. The van der Waals surface area contributed by atoms with E-state index >= 15 is 0 Å². The summed E-state index contributed by atoms with van der Waals surface area (Å²) in [7, 11) is 0. The Morgan fingerprint density at radius 3 is 2.61 bits per heavy atom. The third kappa shape index (κ3) is 4.36. The molecular weight excluding hydrogens is 372 g/mol. The molecule has 3 rings (SSSR count). The van der Waals surface area contributed by atoms with Gasteiger partial charge in [-0.2, -0.15) is 0 Å². The van der Waals surface area contributed by atoms with Crippen molar-refractivity contribution < 1.29 is 14.6 Å². The number of benzene rings is 1. The van der Waals surface area contributed by atoms with E-state index in [-0.39, 0.29) is 16.8 Å². The van der Waals surface area contributed by atoms with E-state index in [0.717, 1.165) is 23.4 Å². The Morgan fingerprint density at radius 2 is 1.96 bits per heavy atom. The summed E-state index contributed by atoms with van der Waals surface area (Å²) < 4.78 is 5.15. The zero-order valence-electron chi connectivity index (χ0n) is 17.5. The fourth-order valence-electron chi connectivity index (χ4n) is 4.87. The largest absolute Gasteiger partial charge is 0.465 e. The highest BCUT2D eigenvalue weighted by Gasteiger charge is 2.39. The minimum Gasteiger partial charge on any atom is -0.465 e. The lowest BCUT2D eigenvalue weighted by Gasteiger charge is -2.43. The average molecular weight is 403 g/mol. The molecule has 0 saturated carbocycles. The highest BCUT2D eigenvalue weighted by atomic mass is 35.5. The van der Waals surface area contributed by atoms with Crippen LogP contribution in [-0.2, 0) is 9.53 Å². The second-order valence-corrected chi connectivity index (χ2v) is 10.1. The minimum atomic E-state index is -0.678. The second-order valence-electron chi connectivity index (χ2n) is 9.67. The Morgan fingerprint density at radius 1 is 1.25 bits per heavy atom. The number of cyclic esters (lactones) is 1. The maximum absolute atomic E-state index is 12.1. The molecule has 1 aromatic carbocycles. The van der Waals surface area contributed by atoms with Crippen molar-refractivity contribution in [1.82, 2.24) is 0 Å². The monoisotopic (exact) mass is 402 g/mol. The van der Waals surface area contributed by atoms with Crippen molar-refractivity contribution in [2.45, 2.75) is 60.0 Å². The maximum atomic E-state index is 12.1. The van der Waals surface area contributed by atoms with Crippen LogP contribution >= 0.6 is 11.6 Å². The van der Waals surface area contributed by atoms with E-state index in [2.05, 4.69) is 45.9 Å². The Hall–Kier alpha value is -1.58. The van der Waals surface area contributed by atoms with Gasteiger partial charge in [0.15, 0.2) is 0 Å². The summed E-state index contributed by atoms with van der Waals surface area (Å²) in [4.78, 5) is 12.1. The van der Waals surface area contributed by atoms with Crippen LogP contribution in [0.4, 0.5) is 0 Å². The number of halogens is 1. The molecule has 1 fully saturated rings. The standard InChI is InChI=1S/C24H31ClO3/c1-15-12-16(6-9-20(15)25)18-13-23(2,3)14-24(4,5)19(18)8-7-17-21(26)10-11-28-22(17)27/h6-9,12,17,21,26H,10-11,13-14H2,1-5H3/t17-,21+/m0/s1. The number of esters is 1. The van der Waals surface area contributed by atoms with Gasteiger partial charge < -0.3 is 9.84 Å². The molecule has 0 amide bonds. The van der Waals surface area contributed by atoms with E-state index in [9.17, 15) is 9.90 Å². The fourth-order valence-corrected chi connectivity index (χ4v) is 4.99. The molecular formula is C24H31ClO3. The third-order valence-electron chi connectivity index (χ3n) is 5.95. The number of aryl methyl sites for hydroxylation is 1. The molecule has 2 atom stereocenters. The quantitative estimate of drug-likeness (QED) is 0.657. The van der Waals surface area contributed by atoms with Gasteiger partial charge >= 0.3 is 5.97 Å². The molecule has 4 heteroatoms. The Bertz CT molecular complexity index is 832. The average Bonchev–Trinajstić information content (AvgIpc) is 2.56. The summed E-state index contributed by atoms with van der Waals surface area (Å²) in [6.45, 7) is 11.4. The summed E-state index contributed by atoms with van der Waals surface area (Å²) in [5.74, 6) is -0.936. The van der Waals surface area contributed by atoms with Crippen LogP contribution in [0.5, 0.6) is 0 Å². The van der Waals surface area contributed by atoms with Crippen LogP contribution in [0, 0.1) is 23.7 Å². The SMILES string of the molecule is Cc1cc(C2=C(C=C[C@@H]3C(=O)OCC[C@H]3O)C(C)(C)CC(C)(C)C2)ccc1Cl. The van der Waals surface area contributed by atoms with Crippen molar-refractivity contribution >= 4 is 23.1 Å². The number of carbonyl (C=O) groups excluding carboxylic acids is 1. The first-order chi connectivity index (χ1) is 13.0. The predicted molar refractivity (Wildman–Crippen MR) is 114 cm³/mol. The van der Waals surface area contributed by atoms with Gasteiger partial charge in [-0.25, -0.2) is 0 Å². The molecule has 3 nitrogen and oxygen atoms in total. The van der Waals surface area contributed by atoms with Gasteiger partial charge in [0, 0.05) is 11.4 Å². The highest BCUT2D eigenvalue weighted by molar-refractivity contribution is 6.31. The van der Waals surface area contributed by atoms with E-state index in [1.54, 1.807) is 0 Å². The topological polar surface area (TPSA) is 46.5 Å². The van der Waals surface area contributed by atoms with Crippen LogP contribution in [0.2, 0.25) is 5.02 Å². The number of aliphatic hydroxyl groups excluding tert-OH is 1. The first kappa shape index (κ1) is 21.1. The number of hydrogen-bond donors (Lipinski definition) is 1. The van der Waals surface area contributed by atoms with Gasteiger partial charge in [0.05, 0.1) is 12.7 Å². The zero-order valence-corrected chi connectivity index (χ0v) is 18.3. The minimum absolute atomic E-state index is 0.0509. The van der Waals surface area contributed by atoms with Gasteiger partial charge in [-0.1, -0.05) is 63.6 Å². The number of aliphatic hydroxyl groups is 1. The molecule has 0 spiro atoms. The number of hydrogen-bond acceptors (Lipinski definition) is 3. The van der Waals surface area contributed by atoms with Gasteiger partial charge in [0.2, 0.25) is 0 Å². The van der Waals surface area contributed by atoms with E-state index in [1.807, 2.05) is 19.1 Å². The van der Waals surface area contributed by atoms with Crippen molar-refractivity contribution in [3.63, 3.8) is 0 Å². The van der Waals surface area contributed by atoms with Crippen molar-refractivity contribution in [1.29, 1.82) is 0 Å². The molecule has 0 unspecified atom stereocenters. The lowest BCUT2D eigenvalue weighted by Crippen LogP contribution is -2.35. The smallest absolute Gasteiger partial charge is 0.315 e. The Balaban J connectivity index is 2.09. The van der Waals surface area contributed by atoms with Gasteiger partial charge in [-0.15, -0.1) is 0 Å². The van der Waals surface area contributed by atoms with Crippen molar-refractivity contribution in [2.75, 3.05) is 6.61 Å². The van der Waals surface area contributed by atoms with E-state index in [0.29, 0.717) is 13.0 Å². The van der Waals surface area contributed by atoms with Gasteiger partial charge in [0.25, 0.3) is 0 Å². The number of allylic oxidation sites excluding steroid dienone is 3. The van der Waals surface area contributed by atoms with Gasteiger partial charge in [0.1, 0.15) is 5.92 Å². The maximum Gasteiger partial charge on any atom is 0.315 e. The van der Waals surface area contributed by atoms with Crippen LogP contribution in [-0.4, -0.2) is 23.8 Å². The van der Waals surface area contributed by atoms with Crippen LogP contribution in [0.1, 0.15) is 58.1 Å². The van der Waals surface area contributed by atoms with Crippen LogP contribution in [0.15, 0.2) is 35.9 Å². The Kier molecular flexibility index (Phi) is 5.80. The molecule has 1 aliphatic carbocycles. The number of rotatable bonds is 3. The van der Waals surface area contributed by atoms with Crippen LogP contribution < -0.4 is 0 Å². The number of ether oxygens (including phenoxy) is 1.